The fourth-order valence-corrected chi connectivity index (χ4v) is 3.48. The maximum Gasteiger partial charge on any atom is 0.142 e. The first-order valence-electron chi connectivity index (χ1n) is 5.66. The Labute approximate surface area is 127 Å². The van der Waals surface area contributed by atoms with Crippen LogP contribution in [0.2, 0.25) is 5.02 Å². The van der Waals surface area contributed by atoms with Gasteiger partial charge < -0.3 is 5.32 Å². The molecule has 1 atom stereocenters. The molecular weight excluding hydrogens is 356 g/mol. The lowest BCUT2D eigenvalue weighted by molar-refractivity contribution is 0.548. The number of nitrogens with one attached hydrogen (secondary N) is 1. The zero-order valence-electron chi connectivity index (χ0n) is 10.0. The highest BCUT2D eigenvalue weighted by molar-refractivity contribution is 9.11. The summed E-state index contributed by atoms with van der Waals surface area (Å²) in [6.07, 6.45) is 0. The van der Waals surface area contributed by atoms with Crippen molar-refractivity contribution in [2.75, 3.05) is 6.54 Å². The Hall–Kier alpha value is -0.490. The summed E-state index contributed by atoms with van der Waals surface area (Å²) in [6, 6.07) is 5.55. The van der Waals surface area contributed by atoms with Gasteiger partial charge in [-0.05, 0) is 46.7 Å². The molecule has 0 radical (unpaired) electrons. The Bertz CT molecular complexity index is 588. The largest absolute Gasteiger partial charge is 0.306 e. The summed E-state index contributed by atoms with van der Waals surface area (Å²) < 4.78 is 28.5. The van der Waals surface area contributed by atoms with Crippen LogP contribution in [-0.2, 0) is 0 Å². The molecule has 1 nitrogen and oxygen atoms in total. The molecule has 1 unspecified atom stereocenters. The summed E-state index contributed by atoms with van der Waals surface area (Å²) in [6.45, 7) is 2.56. The Morgan fingerprint density at radius 3 is 2.63 bits per heavy atom. The molecule has 0 aliphatic rings. The molecule has 1 N–H and O–H groups in total. The molecule has 19 heavy (non-hydrogen) atoms. The summed E-state index contributed by atoms with van der Waals surface area (Å²) in [5, 5.41) is 2.95. The lowest BCUT2D eigenvalue weighted by Crippen LogP contribution is -2.22. The predicted molar refractivity (Wildman–Crippen MR) is 78.9 cm³/mol. The zero-order chi connectivity index (χ0) is 14.0. The number of halogens is 4. The lowest BCUT2D eigenvalue weighted by Gasteiger charge is -2.18. The molecule has 102 valence electrons. The van der Waals surface area contributed by atoms with Gasteiger partial charge in [0, 0.05) is 10.4 Å². The topological polar surface area (TPSA) is 12.0 Å². The van der Waals surface area contributed by atoms with Crippen LogP contribution >= 0.6 is 38.9 Å². The summed E-state index contributed by atoms with van der Waals surface area (Å²) in [5.74, 6) is -1.13. The molecule has 0 aliphatic carbocycles. The maximum absolute atomic E-state index is 14.0. The Kier molecular flexibility index (Phi) is 4.95. The third-order valence-electron chi connectivity index (χ3n) is 2.64. The van der Waals surface area contributed by atoms with Gasteiger partial charge in [0.1, 0.15) is 11.6 Å². The molecule has 0 saturated heterocycles. The number of hydrogen-bond donors (Lipinski definition) is 1. The van der Waals surface area contributed by atoms with Crippen molar-refractivity contribution in [3.8, 4) is 0 Å². The van der Waals surface area contributed by atoms with E-state index < -0.39 is 11.6 Å². The third kappa shape index (κ3) is 3.34. The van der Waals surface area contributed by atoms with E-state index in [-0.39, 0.29) is 16.6 Å². The smallest absolute Gasteiger partial charge is 0.142 e. The minimum atomic E-state index is -0.614. The van der Waals surface area contributed by atoms with Crippen molar-refractivity contribution in [1.29, 1.82) is 0 Å². The molecule has 0 amide bonds. The number of thiophene rings is 1. The molecule has 0 spiro atoms. The lowest BCUT2D eigenvalue weighted by atomic mass is 10.0. The van der Waals surface area contributed by atoms with E-state index in [1.807, 2.05) is 19.1 Å². The van der Waals surface area contributed by atoms with Crippen LogP contribution in [0.25, 0.3) is 0 Å². The standard InChI is InChI=1S/C13H11BrClF2NS/c1-2-18-13(11-3-4-12(14)19-11)7-5-10(17)8(15)6-9(7)16/h3-6,13,18H,2H2,1H3. The van der Waals surface area contributed by atoms with Crippen molar-refractivity contribution in [2.45, 2.75) is 13.0 Å². The van der Waals surface area contributed by atoms with E-state index in [0.29, 0.717) is 6.54 Å². The van der Waals surface area contributed by atoms with Gasteiger partial charge in [-0.3, -0.25) is 0 Å². The second-order valence-corrected chi connectivity index (χ2v) is 6.82. The van der Waals surface area contributed by atoms with E-state index in [0.717, 1.165) is 20.8 Å². The molecular formula is C13H11BrClF2NS. The number of rotatable bonds is 4. The predicted octanol–water partition coefficient (Wildman–Crippen LogP) is 5.14. The highest BCUT2D eigenvalue weighted by Gasteiger charge is 2.20. The first kappa shape index (κ1) is 14.9. The van der Waals surface area contributed by atoms with E-state index in [2.05, 4.69) is 21.2 Å². The van der Waals surface area contributed by atoms with Crippen molar-refractivity contribution < 1.29 is 8.78 Å². The van der Waals surface area contributed by atoms with Crippen LogP contribution in [0.5, 0.6) is 0 Å². The SMILES string of the molecule is CCNC(c1ccc(Br)s1)c1cc(F)c(Cl)cc1F. The van der Waals surface area contributed by atoms with Gasteiger partial charge in [-0.1, -0.05) is 18.5 Å². The van der Waals surface area contributed by atoms with Crippen molar-refractivity contribution in [3.63, 3.8) is 0 Å². The fourth-order valence-electron chi connectivity index (χ4n) is 1.81. The Balaban J connectivity index is 2.47. The molecule has 1 heterocycles. The van der Waals surface area contributed by atoms with Crippen molar-refractivity contribution >= 4 is 38.9 Å². The van der Waals surface area contributed by atoms with Gasteiger partial charge in [0.15, 0.2) is 0 Å². The molecule has 0 aliphatic heterocycles. The van der Waals surface area contributed by atoms with Gasteiger partial charge in [0.05, 0.1) is 14.9 Å². The summed E-state index contributed by atoms with van der Waals surface area (Å²) >= 11 is 10.4. The monoisotopic (exact) mass is 365 g/mol. The van der Waals surface area contributed by atoms with Gasteiger partial charge in [-0.25, -0.2) is 8.78 Å². The fraction of sp³-hybridized carbons (Fsp3) is 0.231. The highest BCUT2D eigenvalue weighted by atomic mass is 79.9. The van der Waals surface area contributed by atoms with Gasteiger partial charge in [0.25, 0.3) is 0 Å². The van der Waals surface area contributed by atoms with E-state index in [1.54, 1.807) is 0 Å². The molecule has 2 rings (SSSR count). The summed E-state index contributed by atoms with van der Waals surface area (Å²) in [7, 11) is 0. The van der Waals surface area contributed by atoms with Gasteiger partial charge in [-0.2, -0.15) is 0 Å². The zero-order valence-corrected chi connectivity index (χ0v) is 13.2. The van der Waals surface area contributed by atoms with Crippen LogP contribution in [0, 0.1) is 11.6 Å². The summed E-state index contributed by atoms with van der Waals surface area (Å²) in [4.78, 5) is 0.911. The first-order chi connectivity index (χ1) is 9.02. The van der Waals surface area contributed by atoms with E-state index in [9.17, 15) is 8.78 Å². The minimum absolute atomic E-state index is 0.205. The van der Waals surface area contributed by atoms with E-state index >= 15 is 0 Å². The third-order valence-corrected chi connectivity index (χ3v) is 4.62. The number of benzene rings is 1. The van der Waals surface area contributed by atoms with Crippen LogP contribution in [-0.4, -0.2) is 6.54 Å². The van der Waals surface area contributed by atoms with Gasteiger partial charge >= 0.3 is 0 Å². The second kappa shape index (κ2) is 6.31. The van der Waals surface area contributed by atoms with Crippen LogP contribution in [0.15, 0.2) is 28.1 Å². The van der Waals surface area contributed by atoms with Crippen molar-refractivity contribution in [3.05, 3.63) is 55.1 Å². The van der Waals surface area contributed by atoms with Crippen LogP contribution in [0.4, 0.5) is 8.78 Å². The molecule has 0 fully saturated rings. The highest BCUT2D eigenvalue weighted by Crippen LogP contribution is 2.33. The molecule has 6 heteroatoms. The van der Waals surface area contributed by atoms with Crippen LogP contribution in [0.1, 0.15) is 23.4 Å². The van der Waals surface area contributed by atoms with Crippen molar-refractivity contribution in [2.24, 2.45) is 0 Å². The molecule has 0 saturated carbocycles. The van der Waals surface area contributed by atoms with E-state index in [4.69, 9.17) is 11.6 Å². The van der Waals surface area contributed by atoms with Gasteiger partial charge in [0.2, 0.25) is 0 Å². The Morgan fingerprint density at radius 1 is 1.32 bits per heavy atom. The molecule has 1 aromatic heterocycles. The maximum atomic E-state index is 14.0. The summed E-state index contributed by atoms with van der Waals surface area (Å²) in [5.41, 5.74) is 0.262. The molecule has 2 aromatic rings. The Morgan fingerprint density at radius 2 is 2.05 bits per heavy atom. The first-order valence-corrected chi connectivity index (χ1v) is 7.64. The molecule has 0 bridgehead atoms. The molecule has 1 aromatic carbocycles. The van der Waals surface area contributed by atoms with Crippen molar-refractivity contribution in [1.82, 2.24) is 5.32 Å². The van der Waals surface area contributed by atoms with Crippen LogP contribution in [0.3, 0.4) is 0 Å². The normalized spacial score (nSPS) is 12.7. The average molecular weight is 367 g/mol. The average Bonchev–Trinajstić information content (AvgIpc) is 2.78. The number of hydrogen-bond acceptors (Lipinski definition) is 2. The minimum Gasteiger partial charge on any atom is -0.306 e. The quantitative estimate of drug-likeness (QED) is 0.739. The van der Waals surface area contributed by atoms with Gasteiger partial charge in [-0.15, -0.1) is 11.3 Å². The van der Waals surface area contributed by atoms with E-state index in [1.165, 1.54) is 11.3 Å². The second-order valence-electron chi connectivity index (χ2n) is 3.92. The van der Waals surface area contributed by atoms with Crippen LogP contribution < -0.4 is 5.32 Å².